The topological polar surface area (TPSA) is 49.4 Å². The molecule has 1 aromatic rings. The van der Waals surface area contributed by atoms with Gasteiger partial charge in [-0.25, -0.2) is 4.39 Å². The van der Waals surface area contributed by atoms with Gasteiger partial charge in [-0.2, -0.15) is 0 Å². The lowest BCUT2D eigenvalue weighted by Gasteiger charge is -2.32. The van der Waals surface area contributed by atoms with Crippen LogP contribution in [-0.2, 0) is 16.0 Å². The van der Waals surface area contributed by atoms with E-state index in [1.165, 1.54) is 12.1 Å². The number of carbonyl (C=O) groups excluding carboxylic acids is 2. The summed E-state index contributed by atoms with van der Waals surface area (Å²) < 4.78 is 12.9. The molecular formula is C20H27FN2O2. The monoisotopic (exact) mass is 346 g/mol. The molecule has 1 saturated heterocycles. The van der Waals surface area contributed by atoms with Crippen LogP contribution >= 0.6 is 0 Å². The Morgan fingerprint density at radius 2 is 1.64 bits per heavy atom. The minimum atomic E-state index is -0.252. The SMILES string of the molecule is O=C(NCCc1ccc(F)cc1)[C@@H]1CCCC[C@@H]1C(=O)N1CCCC1. The van der Waals surface area contributed by atoms with Crippen LogP contribution in [-0.4, -0.2) is 36.3 Å². The molecule has 0 aromatic heterocycles. The number of hydrogen-bond acceptors (Lipinski definition) is 2. The van der Waals surface area contributed by atoms with Crippen molar-refractivity contribution < 1.29 is 14.0 Å². The normalized spacial score (nSPS) is 23.5. The van der Waals surface area contributed by atoms with Gasteiger partial charge in [-0.3, -0.25) is 9.59 Å². The molecule has 3 rings (SSSR count). The Morgan fingerprint density at radius 3 is 2.32 bits per heavy atom. The molecule has 1 heterocycles. The lowest BCUT2D eigenvalue weighted by molar-refractivity contribution is -0.142. The molecule has 0 bridgehead atoms. The molecule has 4 nitrogen and oxygen atoms in total. The van der Waals surface area contributed by atoms with E-state index in [9.17, 15) is 14.0 Å². The summed E-state index contributed by atoms with van der Waals surface area (Å²) in [5, 5.41) is 2.99. The summed E-state index contributed by atoms with van der Waals surface area (Å²) in [4.78, 5) is 27.3. The van der Waals surface area contributed by atoms with E-state index in [1.54, 1.807) is 12.1 Å². The Hall–Kier alpha value is -1.91. The van der Waals surface area contributed by atoms with Gasteiger partial charge in [0.25, 0.3) is 0 Å². The third-order valence-electron chi connectivity index (χ3n) is 5.46. The Labute approximate surface area is 148 Å². The summed E-state index contributed by atoms with van der Waals surface area (Å²) in [6.45, 7) is 2.20. The molecule has 0 radical (unpaired) electrons. The number of benzene rings is 1. The third kappa shape index (κ3) is 4.59. The van der Waals surface area contributed by atoms with E-state index in [0.717, 1.165) is 57.2 Å². The van der Waals surface area contributed by atoms with Crippen LogP contribution in [0.15, 0.2) is 24.3 Å². The standard InChI is InChI=1S/C20H27FN2O2/c21-16-9-7-15(8-10-16)11-12-22-19(24)17-5-1-2-6-18(17)20(25)23-13-3-4-14-23/h7-10,17-18H,1-6,11-14H2,(H,22,24)/t17-,18+/m1/s1. The van der Waals surface area contributed by atoms with Crippen molar-refractivity contribution in [2.24, 2.45) is 11.8 Å². The first-order valence-electron chi connectivity index (χ1n) is 9.46. The highest BCUT2D eigenvalue weighted by Crippen LogP contribution is 2.32. The number of rotatable bonds is 5. The Morgan fingerprint density at radius 1 is 1.00 bits per heavy atom. The van der Waals surface area contributed by atoms with Gasteiger partial charge in [0, 0.05) is 31.5 Å². The zero-order chi connectivity index (χ0) is 17.6. The highest BCUT2D eigenvalue weighted by atomic mass is 19.1. The first kappa shape index (κ1) is 17.9. The van der Waals surface area contributed by atoms with Gasteiger partial charge in [0.05, 0.1) is 0 Å². The molecule has 0 unspecified atom stereocenters. The van der Waals surface area contributed by atoms with Crippen molar-refractivity contribution in [2.45, 2.75) is 44.9 Å². The van der Waals surface area contributed by atoms with E-state index in [0.29, 0.717) is 13.0 Å². The van der Waals surface area contributed by atoms with Gasteiger partial charge < -0.3 is 10.2 Å². The van der Waals surface area contributed by atoms with Gasteiger partial charge in [-0.05, 0) is 49.8 Å². The summed E-state index contributed by atoms with van der Waals surface area (Å²) in [6, 6.07) is 6.34. The number of hydrogen-bond donors (Lipinski definition) is 1. The van der Waals surface area contributed by atoms with Crippen molar-refractivity contribution in [1.82, 2.24) is 10.2 Å². The van der Waals surface area contributed by atoms with E-state index in [1.807, 2.05) is 4.90 Å². The fourth-order valence-electron chi connectivity index (χ4n) is 4.02. The molecule has 1 saturated carbocycles. The Bertz CT molecular complexity index is 596. The molecular weight excluding hydrogens is 319 g/mol. The quantitative estimate of drug-likeness (QED) is 0.891. The predicted molar refractivity (Wildman–Crippen MR) is 94.4 cm³/mol. The average Bonchev–Trinajstić information content (AvgIpc) is 3.17. The molecule has 25 heavy (non-hydrogen) atoms. The summed E-state index contributed by atoms with van der Waals surface area (Å²) in [5.41, 5.74) is 0.995. The van der Waals surface area contributed by atoms with E-state index in [-0.39, 0.29) is 29.5 Å². The van der Waals surface area contributed by atoms with Gasteiger partial charge in [-0.1, -0.05) is 25.0 Å². The smallest absolute Gasteiger partial charge is 0.226 e. The van der Waals surface area contributed by atoms with Crippen LogP contribution in [0.3, 0.4) is 0 Å². The lowest BCUT2D eigenvalue weighted by Crippen LogP contribution is -2.45. The minimum absolute atomic E-state index is 0.000594. The number of halogens is 1. The van der Waals surface area contributed by atoms with E-state index in [2.05, 4.69) is 5.32 Å². The maximum absolute atomic E-state index is 12.9. The molecule has 1 aromatic carbocycles. The predicted octanol–water partition coefficient (Wildman–Crippen LogP) is 2.91. The summed E-state index contributed by atoms with van der Waals surface area (Å²) in [7, 11) is 0. The van der Waals surface area contributed by atoms with Crippen molar-refractivity contribution in [3.63, 3.8) is 0 Å². The second-order valence-corrected chi connectivity index (χ2v) is 7.20. The van der Waals surface area contributed by atoms with Gasteiger partial charge in [0.1, 0.15) is 5.82 Å². The third-order valence-corrected chi connectivity index (χ3v) is 5.46. The van der Waals surface area contributed by atoms with E-state index < -0.39 is 0 Å². The maximum Gasteiger partial charge on any atom is 0.226 e. The molecule has 2 amide bonds. The molecule has 1 N–H and O–H groups in total. The summed E-state index contributed by atoms with van der Waals surface area (Å²) >= 11 is 0. The molecule has 5 heteroatoms. The first-order chi connectivity index (χ1) is 12.1. The average molecular weight is 346 g/mol. The van der Waals surface area contributed by atoms with E-state index >= 15 is 0 Å². The lowest BCUT2D eigenvalue weighted by atomic mass is 9.78. The van der Waals surface area contributed by atoms with Crippen molar-refractivity contribution in [3.05, 3.63) is 35.6 Å². The second-order valence-electron chi connectivity index (χ2n) is 7.20. The van der Waals surface area contributed by atoms with Crippen molar-refractivity contribution in [1.29, 1.82) is 0 Å². The van der Waals surface area contributed by atoms with Crippen LogP contribution in [0.4, 0.5) is 4.39 Å². The number of nitrogens with zero attached hydrogens (tertiary/aromatic N) is 1. The number of nitrogens with one attached hydrogen (secondary N) is 1. The van der Waals surface area contributed by atoms with Crippen molar-refractivity contribution in [3.8, 4) is 0 Å². The molecule has 136 valence electrons. The number of carbonyl (C=O) groups is 2. The molecule has 2 fully saturated rings. The van der Waals surface area contributed by atoms with Crippen LogP contribution in [0.1, 0.15) is 44.1 Å². The van der Waals surface area contributed by atoms with Gasteiger partial charge in [-0.15, -0.1) is 0 Å². The van der Waals surface area contributed by atoms with Crippen LogP contribution in [0.25, 0.3) is 0 Å². The Kier molecular flexibility index (Phi) is 6.05. The molecule has 2 atom stereocenters. The number of likely N-dealkylation sites (tertiary alicyclic amines) is 1. The Balaban J connectivity index is 1.53. The zero-order valence-electron chi connectivity index (χ0n) is 14.7. The van der Waals surface area contributed by atoms with Gasteiger partial charge >= 0.3 is 0 Å². The van der Waals surface area contributed by atoms with Gasteiger partial charge in [0.2, 0.25) is 11.8 Å². The van der Waals surface area contributed by atoms with Crippen LogP contribution in [0.2, 0.25) is 0 Å². The fraction of sp³-hybridized carbons (Fsp3) is 0.600. The second kappa shape index (κ2) is 8.45. The highest BCUT2D eigenvalue weighted by Gasteiger charge is 2.38. The zero-order valence-corrected chi connectivity index (χ0v) is 14.7. The van der Waals surface area contributed by atoms with Crippen LogP contribution in [0, 0.1) is 17.7 Å². The van der Waals surface area contributed by atoms with Crippen LogP contribution < -0.4 is 5.32 Å². The van der Waals surface area contributed by atoms with Crippen molar-refractivity contribution in [2.75, 3.05) is 19.6 Å². The maximum atomic E-state index is 12.9. The van der Waals surface area contributed by atoms with Crippen molar-refractivity contribution >= 4 is 11.8 Å². The first-order valence-corrected chi connectivity index (χ1v) is 9.46. The summed E-state index contributed by atoms with van der Waals surface area (Å²) in [5.74, 6) is -0.429. The fourth-order valence-corrected chi connectivity index (χ4v) is 4.02. The summed E-state index contributed by atoms with van der Waals surface area (Å²) in [6.07, 6.45) is 6.49. The van der Waals surface area contributed by atoms with E-state index in [4.69, 9.17) is 0 Å². The highest BCUT2D eigenvalue weighted by molar-refractivity contribution is 5.88. The minimum Gasteiger partial charge on any atom is -0.356 e. The molecule has 2 aliphatic rings. The van der Waals surface area contributed by atoms with Crippen LogP contribution in [0.5, 0.6) is 0 Å². The molecule has 0 spiro atoms. The number of amides is 2. The van der Waals surface area contributed by atoms with Gasteiger partial charge in [0.15, 0.2) is 0 Å². The molecule has 1 aliphatic carbocycles. The molecule has 1 aliphatic heterocycles. The largest absolute Gasteiger partial charge is 0.356 e.